The Labute approximate surface area is 454 Å². The number of hydrogen-bond donors (Lipinski definition) is 1. The molecule has 0 aromatic rings. The third-order valence-electron chi connectivity index (χ3n) is 14.4. The lowest BCUT2D eigenvalue weighted by Crippen LogP contribution is -2.47. The fourth-order valence-corrected chi connectivity index (χ4v) is 10.2. The SMILES string of the molecule is CCCCCCCCC/C=C\CCCCCC(=O)OC(/C=C/CCCCCCCCCCCC)C(COP(=O)([O-])OCC[N+](C)(C)C)NC(=O)CCCCCCCCCCCCCCCCCCCCCCC. The number of likely N-dealkylation sites (N-methyl/N-ethyl adjacent to an activating group) is 1. The fraction of sp³-hybridized carbons (Fsp3) is 0.905. The number of quaternary nitrogens is 1. The number of hydrogen-bond acceptors (Lipinski definition) is 7. The maximum atomic E-state index is 13.5. The van der Waals surface area contributed by atoms with Crippen LogP contribution in [0.15, 0.2) is 24.3 Å². The molecule has 0 aliphatic heterocycles. The van der Waals surface area contributed by atoms with Crippen molar-refractivity contribution in [3.63, 3.8) is 0 Å². The first-order valence-electron chi connectivity index (χ1n) is 31.6. The minimum atomic E-state index is -4.69. The number of ether oxygens (including phenoxy) is 1. The van der Waals surface area contributed by atoms with Crippen LogP contribution >= 0.6 is 7.82 Å². The zero-order chi connectivity index (χ0) is 53.6. The second-order valence-electron chi connectivity index (χ2n) is 22.9. The van der Waals surface area contributed by atoms with E-state index in [4.69, 9.17) is 13.8 Å². The number of esters is 1. The number of nitrogens with one attached hydrogen (secondary N) is 1. The van der Waals surface area contributed by atoms with E-state index in [1.54, 1.807) is 0 Å². The molecule has 0 heterocycles. The van der Waals surface area contributed by atoms with E-state index in [1.807, 2.05) is 33.3 Å². The summed E-state index contributed by atoms with van der Waals surface area (Å²) < 4.78 is 30.3. The summed E-state index contributed by atoms with van der Waals surface area (Å²) in [6, 6.07) is -0.888. The lowest BCUT2D eigenvalue weighted by Gasteiger charge is -2.30. The average Bonchev–Trinajstić information content (AvgIpc) is 3.35. The summed E-state index contributed by atoms with van der Waals surface area (Å²) in [7, 11) is 1.19. The van der Waals surface area contributed by atoms with Crippen molar-refractivity contribution in [3.05, 3.63) is 24.3 Å². The molecule has 0 bridgehead atoms. The molecular formula is C63H123N2O7P. The van der Waals surface area contributed by atoms with Crippen molar-refractivity contribution < 1.29 is 37.3 Å². The molecule has 10 heteroatoms. The van der Waals surface area contributed by atoms with E-state index in [2.05, 4.69) is 38.2 Å². The van der Waals surface area contributed by atoms with Crippen LogP contribution < -0.4 is 10.2 Å². The summed E-state index contributed by atoms with van der Waals surface area (Å²) in [5.74, 6) is -0.543. The Kier molecular flexibility index (Phi) is 52.8. The van der Waals surface area contributed by atoms with Gasteiger partial charge in [0, 0.05) is 12.8 Å². The molecule has 3 atom stereocenters. The van der Waals surface area contributed by atoms with Crippen LogP contribution in [0.3, 0.4) is 0 Å². The first-order valence-corrected chi connectivity index (χ1v) is 33.1. The molecule has 1 N–H and O–H groups in total. The van der Waals surface area contributed by atoms with Gasteiger partial charge >= 0.3 is 5.97 Å². The van der Waals surface area contributed by atoms with Crippen LogP contribution in [0.4, 0.5) is 0 Å². The minimum absolute atomic E-state index is 0.0209. The van der Waals surface area contributed by atoms with Gasteiger partial charge in [-0.2, -0.15) is 0 Å². The Morgan fingerprint density at radius 1 is 0.466 bits per heavy atom. The highest BCUT2D eigenvalue weighted by atomic mass is 31.2. The Balaban J connectivity index is 5.17. The Morgan fingerprint density at radius 2 is 0.795 bits per heavy atom. The van der Waals surface area contributed by atoms with E-state index in [9.17, 15) is 19.0 Å². The van der Waals surface area contributed by atoms with E-state index in [0.29, 0.717) is 23.9 Å². The van der Waals surface area contributed by atoms with Gasteiger partial charge in [-0.25, -0.2) is 0 Å². The van der Waals surface area contributed by atoms with Gasteiger partial charge in [-0.05, 0) is 57.4 Å². The van der Waals surface area contributed by atoms with Crippen LogP contribution in [0, 0.1) is 0 Å². The Bertz CT molecular complexity index is 1300. The Morgan fingerprint density at radius 3 is 1.18 bits per heavy atom. The molecule has 3 unspecified atom stereocenters. The second-order valence-corrected chi connectivity index (χ2v) is 24.3. The molecule has 0 rings (SSSR count). The summed E-state index contributed by atoms with van der Waals surface area (Å²) in [6.45, 7) is 6.87. The molecule has 0 aliphatic carbocycles. The van der Waals surface area contributed by atoms with Gasteiger partial charge in [-0.1, -0.05) is 270 Å². The molecule has 0 saturated carbocycles. The van der Waals surface area contributed by atoms with Crippen molar-refractivity contribution >= 4 is 19.7 Å². The molecule has 73 heavy (non-hydrogen) atoms. The first kappa shape index (κ1) is 71.5. The van der Waals surface area contributed by atoms with Gasteiger partial charge in [-0.15, -0.1) is 0 Å². The predicted molar refractivity (Wildman–Crippen MR) is 312 cm³/mol. The number of phosphoric ester groups is 1. The van der Waals surface area contributed by atoms with E-state index in [-0.39, 0.29) is 31.5 Å². The number of rotatable bonds is 58. The first-order chi connectivity index (χ1) is 35.4. The van der Waals surface area contributed by atoms with Gasteiger partial charge in [0.25, 0.3) is 7.82 Å². The van der Waals surface area contributed by atoms with Crippen LogP contribution in [0.25, 0.3) is 0 Å². The molecule has 0 radical (unpaired) electrons. The molecule has 432 valence electrons. The maximum absolute atomic E-state index is 13.5. The highest BCUT2D eigenvalue weighted by Crippen LogP contribution is 2.38. The van der Waals surface area contributed by atoms with Crippen LogP contribution in [0.2, 0.25) is 0 Å². The third kappa shape index (κ3) is 55.1. The van der Waals surface area contributed by atoms with Crippen molar-refractivity contribution in [2.24, 2.45) is 0 Å². The number of amides is 1. The third-order valence-corrected chi connectivity index (χ3v) is 15.3. The highest BCUT2D eigenvalue weighted by Gasteiger charge is 2.27. The van der Waals surface area contributed by atoms with Crippen LogP contribution in [0.1, 0.15) is 316 Å². The van der Waals surface area contributed by atoms with Gasteiger partial charge in [0.15, 0.2) is 0 Å². The summed E-state index contributed by atoms with van der Waals surface area (Å²) in [5, 5.41) is 3.03. The number of carbonyl (C=O) groups is 2. The lowest BCUT2D eigenvalue weighted by molar-refractivity contribution is -0.870. The number of carbonyl (C=O) groups excluding carboxylic acids is 2. The monoisotopic (exact) mass is 1050 g/mol. The Hall–Kier alpha value is -1.51. The summed E-state index contributed by atoms with van der Waals surface area (Å²) in [6.07, 6.45) is 62.9. The smallest absolute Gasteiger partial charge is 0.306 e. The maximum Gasteiger partial charge on any atom is 0.306 e. The van der Waals surface area contributed by atoms with Gasteiger partial charge < -0.3 is 28.5 Å². The highest BCUT2D eigenvalue weighted by molar-refractivity contribution is 7.45. The summed E-state index contributed by atoms with van der Waals surface area (Å²) >= 11 is 0. The molecule has 9 nitrogen and oxygen atoms in total. The molecular weight excluding hydrogens is 928 g/mol. The topological polar surface area (TPSA) is 114 Å². The summed E-state index contributed by atoms with van der Waals surface area (Å²) in [4.78, 5) is 39.9. The van der Waals surface area contributed by atoms with E-state index >= 15 is 0 Å². The zero-order valence-electron chi connectivity index (χ0n) is 49.4. The lowest BCUT2D eigenvalue weighted by atomic mass is 10.0. The normalized spacial score (nSPS) is 13.8. The minimum Gasteiger partial charge on any atom is -0.756 e. The van der Waals surface area contributed by atoms with Crippen molar-refractivity contribution in [2.45, 2.75) is 328 Å². The van der Waals surface area contributed by atoms with Crippen molar-refractivity contribution in [1.82, 2.24) is 5.32 Å². The van der Waals surface area contributed by atoms with E-state index in [0.717, 1.165) is 64.2 Å². The van der Waals surface area contributed by atoms with Crippen molar-refractivity contribution in [3.8, 4) is 0 Å². The molecule has 0 spiro atoms. The molecule has 0 aromatic carbocycles. The van der Waals surface area contributed by atoms with Gasteiger partial charge in [0.1, 0.15) is 19.3 Å². The predicted octanol–water partition coefficient (Wildman–Crippen LogP) is 18.7. The zero-order valence-corrected chi connectivity index (χ0v) is 50.3. The van der Waals surface area contributed by atoms with Crippen molar-refractivity contribution in [2.75, 3.05) is 40.9 Å². The largest absolute Gasteiger partial charge is 0.756 e. The fourth-order valence-electron chi connectivity index (χ4n) is 9.46. The van der Waals surface area contributed by atoms with Crippen LogP contribution in [0.5, 0.6) is 0 Å². The molecule has 0 fully saturated rings. The van der Waals surface area contributed by atoms with E-state index in [1.165, 1.54) is 212 Å². The average molecular weight is 1050 g/mol. The molecule has 0 aliphatic rings. The van der Waals surface area contributed by atoms with Crippen LogP contribution in [-0.4, -0.2) is 69.4 Å². The molecule has 1 amide bonds. The van der Waals surface area contributed by atoms with E-state index < -0.39 is 20.0 Å². The van der Waals surface area contributed by atoms with Gasteiger partial charge in [0.2, 0.25) is 5.91 Å². The van der Waals surface area contributed by atoms with Crippen molar-refractivity contribution in [1.29, 1.82) is 0 Å². The number of nitrogens with zero attached hydrogens (tertiary/aromatic N) is 1. The van der Waals surface area contributed by atoms with Crippen LogP contribution in [-0.2, 0) is 27.9 Å². The molecule has 0 aromatic heterocycles. The number of allylic oxidation sites excluding steroid dienone is 3. The number of phosphoric acid groups is 1. The summed E-state index contributed by atoms with van der Waals surface area (Å²) in [5.41, 5.74) is 0. The quantitative estimate of drug-likeness (QED) is 0.0212. The standard InChI is InChI=1S/C63H123N2O7P/c1-7-10-13-16-19-22-25-28-30-31-32-33-34-35-36-37-40-43-46-49-52-55-62(66)64-60(59-71-73(68,69)70-58-57-65(4,5)6)61(54-51-48-45-42-39-27-24-21-18-15-12-9-3)72-63(67)56-53-50-47-44-41-38-29-26-23-20-17-14-11-8-2/h38,41,51,54,60-61H,7-37,39-40,42-50,52-53,55-59H2,1-6H3,(H-,64,66,68,69)/b41-38-,54-51+. The molecule has 0 saturated heterocycles. The second kappa shape index (κ2) is 53.9. The number of unbranched alkanes of at least 4 members (excludes halogenated alkanes) is 40. The van der Waals surface area contributed by atoms with Gasteiger partial charge in [0.05, 0.1) is 33.8 Å². The van der Waals surface area contributed by atoms with Gasteiger partial charge in [-0.3, -0.25) is 14.2 Å².